The third-order valence-electron chi connectivity index (χ3n) is 4.88. The largest absolute Gasteiger partial charge is 0.453 e. The highest BCUT2D eigenvalue weighted by Crippen LogP contribution is 2.22. The van der Waals surface area contributed by atoms with Gasteiger partial charge in [0.05, 0.1) is 17.5 Å². The Hall–Kier alpha value is -2.55. The van der Waals surface area contributed by atoms with Crippen molar-refractivity contribution in [2.24, 2.45) is 5.10 Å². The molecule has 1 saturated heterocycles. The van der Waals surface area contributed by atoms with E-state index >= 15 is 0 Å². The van der Waals surface area contributed by atoms with Crippen molar-refractivity contribution >= 4 is 33.2 Å². The maximum absolute atomic E-state index is 12.4. The number of ketones is 1. The van der Waals surface area contributed by atoms with E-state index in [1.54, 1.807) is 13.0 Å². The Morgan fingerprint density at radius 3 is 2.68 bits per heavy atom. The number of hydrogen-bond acceptors (Lipinski definition) is 7. The minimum Gasteiger partial charge on any atom is -0.453 e. The Morgan fingerprint density at radius 2 is 2.00 bits per heavy atom. The highest BCUT2D eigenvalue weighted by Gasteiger charge is 2.37. The molecule has 1 amide bonds. The number of carbonyl (C=O) groups is 3. The topological polar surface area (TPSA) is 110 Å². The van der Waals surface area contributed by atoms with Crippen molar-refractivity contribution in [3.05, 3.63) is 34.9 Å². The molecule has 150 valence electrons. The number of amides is 1. The van der Waals surface area contributed by atoms with Gasteiger partial charge in [-0.3, -0.25) is 9.59 Å². The third kappa shape index (κ3) is 4.46. The molecule has 0 aliphatic carbocycles. The molecule has 0 N–H and O–H groups in total. The van der Waals surface area contributed by atoms with Crippen LogP contribution >= 0.6 is 0 Å². The van der Waals surface area contributed by atoms with Crippen LogP contribution in [0.1, 0.15) is 40.7 Å². The maximum atomic E-state index is 12.4. The molecule has 2 heterocycles. The summed E-state index contributed by atoms with van der Waals surface area (Å²) in [6.07, 6.45) is 0.450. The van der Waals surface area contributed by atoms with Gasteiger partial charge in [-0.25, -0.2) is 18.2 Å². The summed E-state index contributed by atoms with van der Waals surface area (Å²) < 4.78 is 28.4. The van der Waals surface area contributed by atoms with Crippen LogP contribution in [0.3, 0.4) is 0 Å². The molecular formula is C19H22N2O6S. The van der Waals surface area contributed by atoms with E-state index in [1.165, 1.54) is 0 Å². The number of rotatable bonds is 5. The standard InChI is InChI=1S/C19H22N2O6S/c1-12-3-4-13(2)15(9-12)17(22)10-27-19(24)16-5-6-18(23)21(20-16)14-7-8-28(25,26)11-14/h3-4,9,14H,5-8,10-11H2,1-2H3/t14-/m0/s1. The van der Waals surface area contributed by atoms with Crippen molar-refractivity contribution in [2.75, 3.05) is 18.1 Å². The second-order valence-electron chi connectivity index (χ2n) is 7.16. The van der Waals surface area contributed by atoms with Crippen molar-refractivity contribution in [1.82, 2.24) is 5.01 Å². The second kappa shape index (κ2) is 7.83. The molecule has 1 aromatic carbocycles. The highest BCUT2D eigenvalue weighted by atomic mass is 32.2. The smallest absolute Gasteiger partial charge is 0.354 e. The number of aryl methyl sites for hydroxylation is 2. The van der Waals surface area contributed by atoms with Crippen LogP contribution in [-0.2, 0) is 24.2 Å². The lowest BCUT2D eigenvalue weighted by molar-refractivity contribution is -0.136. The Labute approximate surface area is 163 Å². The normalized spacial score (nSPS) is 21.4. The first-order valence-electron chi connectivity index (χ1n) is 9.04. The number of benzene rings is 1. The molecule has 0 unspecified atom stereocenters. The SMILES string of the molecule is Cc1ccc(C)c(C(=O)COC(=O)C2=NN([C@H]3CCS(=O)(=O)C3)C(=O)CC2)c1. The van der Waals surface area contributed by atoms with Crippen molar-refractivity contribution < 1.29 is 27.5 Å². The van der Waals surface area contributed by atoms with E-state index in [0.717, 1.165) is 16.1 Å². The van der Waals surface area contributed by atoms with Crippen molar-refractivity contribution in [3.8, 4) is 0 Å². The lowest BCUT2D eigenvalue weighted by Gasteiger charge is -2.27. The summed E-state index contributed by atoms with van der Waals surface area (Å²) in [7, 11) is -3.19. The van der Waals surface area contributed by atoms with Gasteiger partial charge < -0.3 is 4.74 Å². The fourth-order valence-corrected chi connectivity index (χ4v) is 4.99. The van der Waals surface area contributed by atoms with E-state index in [4.69, 9.17) is 4.74 Å². The van der Waals surface area contributed by atoms with Crippen LogP contribution in [0, 0.1) is 13.8 Å². The number of sulfone groups is 1. The summed E-state index contributed by atoms with van der Waals surface area (Å²) in [5.41, 5.74) is 2.24. The molecular weight excluding hydrogens is 384 g/mol. The van der Waals surface area contributed by atoms with Crippen LogP contribution in [0.5, 0.6) is 0 Å². The van der Waals surface area contributed by atoms with Crippen LogP contribution in [-0.4, -0.2) is 61.0 Å². The van der Waals surface area contributed by atoms with Gasteiger partial charge in [-0.1, -0.05) is 17.7 Å². The minimum atomic E-state index is -3.19. The van der Waals surface area contributed by atoms with Gasteiger partial charge in [-0.2, -0.15) is 5.10 Å². The van der Waals surface area contributed by atoms with Gasteiger partial charge in [0, 0.05) is 18.4 Å². The van der Waals surface area contributed by atoms with E-state index in [1.807, 2.05) is 19.1 Å². The van der Waals surface area contributed by atoms with Crippen molar-refractivity contribution in [3.63, 3.8) is 0 Å². The predicted molar refractivity (Wildman–Crippen MR) is 102 cm³/mol. The van der Waals surface area contributed by atoms with Crippen molar-refractivity contribution in [1.29, 1.82) is 0 Å². The first kappa shape index (κ1) is 20.2. The lowest BCUT2D eigenvalue weighted by atomic mass is 10.0. The van der Waals surface area contributed by atoms with Gasteiger partial charge >= 0.3 is 5.97 Å². The number of ether oxygens (including phenoxy) is 1. The Morgan fingerprint density at radius 1 is 1.25 bits per heavy atom. The minimum absolute atomic E-state index is 0.00108. The number of Topliss-reactive ketones (excluding diaryl/α,β-unsaturated/α-hetero) is 1. The molecule has 8 nitrogen and oxygen atoms in total. The van der Waals surface area contributed by atoms with Crippen molar-refractivity contribution in [2.45, 2.75) is 39.2 Å². The molecule has 3 rings (SSSR count). The molecule has 0 saturated carbocycles. The van der Waals surface area contributed by atoms with Gasteiger partial charge in [-0.15, -0.1) is 0 Å². The Bertz CT molecular complexity index is 967. The van der Waals surface area contributed by atoms with E-state index in [2.05, 4.69) is 5.10 Å². The van der Waals surface area contributed by atoms with E-state index in [0.29, 0.717) is 12.0 Å². The third-order valence-corrected chi connectivity index (χ3v) is 6.63. The number of nitrogens with zero attached hydrogens (tertiary/aromatic N) is 2. The molecule has 0 aromatic heterocycles. The Kier molecular flexibility index (Phi) is 5.64. The summed E-state index contributed by atoms with van der Waals surface area (Å²) in [6, 6.07) is 4.90. The van der Waals surface area contributed by atoms with Gasteiger partial charge in [0.25, 0.3) is 0 Å². The number of carbonyl (C=O) groups excluding carboxylic acids is 3. The summed E-state index contributed by atoms with van der Waals surface area (Å²) in [5.74, 6) is -1.56. The molecule has 0 bridgehead atoms. The van der Waals surface area contributed by atoms with Crippen LogP contribution in [0.15, 0.2) is 23.3 Å². The fourth-order valence-electron chi connectivity index (χ4n) is 3.30. The van der Waals surface area contributed by atoms with E-state index in [9.17, 15) is 22.8 Å². The predicted octanol–water partition coefficient (Wildman–Crippen LogP) is 1.19. The molecule has 2 aliphatic heterocycles. The molecule has 1 fully saturated rings. The zero-order valence-corrected chi connectivity index (χ0v) is 16.6. The molecule has 0 radical (unpaired) electrons. The monoisotopic (exact) mass is 406 g/mol. The van der Waals surface area contributed by atoms with Crippen LogP contribution in [0.4, 0.5) is 0 Å². The summed E-state index contributed by atoms with van der Waals surface area (Å²) >= 11 is 0. The quantitative estimate of drug-likeness (QED) is 0.537. The summed E-state index contributed by atoms with van der Waals surface area (Å²) in [6.45, 7) is 3.25. The molecule has 0 spiro atoms. The van der Waals surface area contributed by atoms with Gasteiger partial charge in [0.2, 0.25) is 11.7 Å². The van der Waals surface area contributed by atoms with Gasteiger partial charge in [0.1, 0.15) is 5.71 Å². The fraction of sp³-hybridized carbons (Fsp3) is 0.474. The van der Waals surface area contributed by atoms with E-state index < -0.39 is 28.5 Å². The average Bonchev–Trinajstić information content (AvgIpc) is 3.01. The van der Waals surface area contributed by atoms with Crippen LogP contribution in [0.2, 0.25) is 0 Å². The number of hydrogen-bond donors (Lipinski definition) is 0. The molecule has 1 aromatic rings. The van der Waals surface area contributed by atoms with Crippen LogP contribution < -0.4 is 0 Å². The summed E-state index contributed by atoms with van der Waals surface area (Å²) in [5, 5.41) is 5.14. The van der Waals surface area contributed by atoms with Gasteiger partial charge in [0.15, 0.2) is 16.4 Å². The molecule has 2 aliphatic rings. The molecule has 1 atom stereocenters. The first-order chi connectivity index (χ1) is 13.2. The lowest BCUT2D eigenvalue weighted by Crippen LogP contribution is -2.42. The maximum Gasteiger partial charge on any atom is 0.354 e. The van der Waals surface area contributed by atoms with Crippen LogP contribution in [0.25, 0.3) is 0 Å². The number of hydrazone groups is 1. The highest BCUT2D eigenvalue weighted by molar-refractivity contribution is 7.91. The number of esters is 1. The summed E-state index contributed by atoms with van der Waals surface area (Å²) in [4.78, 5) is 36.8. The first-order valence-corrected chi connectivity index (χ1v) is 10.9. The zero-order valence-electron chi connectivity index (χ0n) is 15.8. The molecule has 9 heteroatoms. The van der Waals surface area contributed by atoms with E-state index in [-0.39, 0.29) is 41.7 Å². The zero-order chi connectivity index (χ0) is 20.5. The van der Waals surface area contributed by atoms with Gasteiger partial charge in [-0.05, 0) is 31.9 Å². The second-order valence-corrected chi connectivity index (χ2v) is 9.39. The molecule has 28 heavy (non-hydrogen) atoms. The average molecular weight is 406 g/mol. The Balaban J connectivity index is 1.66.